The maximum absolute atomic E-state index is 12.4. The van der Waals surface area contributed by atoms with Gasteiger partial charge in [0, 0.05) is 31.0 Å². The number of hydrogen-bond donors (Lipinski definition) is 1. The summed E-state index contributed by atoms with van der Waals surface area (Å²) in [5, 5.41) is 2.84. The molecule has 1 aliphatic rings. The third-order valence-electron chi connectivity index (χ3n) is 3.00. The highest BCUT2D eigenvalue weighted by Gasteiger charge is 2.29. The molecule has 1 heterocycles. The van der Waals surface area contributed by atoms with Crippen LogP contribution in [0.4, 0.5) is 0 Å². The molecular weight excluding hydrogens is 260 g/mol. The van der Waals surface area contributed by atoms with Gasteiger partial charge in [0.25, 0.3) is 0 Å². The number of amides is 2. The molecule has 2 amide bonds. The van der Waals surface area contributed by atoms with Crippen LogP contribution in [0, 0.1) is 5.92 Å². The Morgan fingerprint density at radius 3 is 2.89 bits per heavy atom. The molecule has 1 saturated heterocycles. The van der Waals surface area contributed by atoms with Crippen LogP contribution in [0.25, 0.3) is 0 Å². The van der Waals surface area contributed by atoms with E-state index in [9.17, 15) is 9.59 Å². The number of carbonyl (C=O) groups is 2. The second kappa shape index (κ2) is 8.25. The normalized spacial score (nSPS) is 20.4. The van der Waals surface area contributed by atoms with Crippen molar-refractivity contribution in [2.24, 2.45) is 5.92 Å². The van der Waals surface area contributed by atoms with Crippen molar-refractivity contribution >= 4 is 23.6 Å². The second-order valence-electron chi connectivity index (χ2n) is 5.19. The summed E-state index contributed by atoms with van der Waals surface area (Å²) in [6.07, 6.45) is 2.98. The van der Waals surface area contributed by atoms with E-state index >= 15 is 0 Å². The second-order valence-corrected chi connectivity index (χ2v) is 6.34. The van der Waals surface area contributed by atoms with Crippen LogP contribution in [0.5, 0.6) is 0 Å². The van der Waals surface area contributed by atoms with Crippen LogP contribution in [-0.4, -0.2) is 47.4 Å². The number of hydrogen-bond acceptors (Lipinski definition) is 3. The average Bonchev–Trinajstić information content (AvgIpc) is 2.47. The number of carbonyl (C=O) groups excluding carboxylic acids is 2. The predicted molar refractivity (Wildman–Crippen MR) is 80.1 cm³/mol. The van der Waals surface area contributed by atoms with Crippen molar-refractivity contribution in [2.45, 2.75) is 32.7 Å². The fraction of sp³-hybridized carbons (Fsp3) is 0.714. The Kier molecular flexibility index (Phi) is 6.99. The smallest absolute Gasteiger partial charge is 0.245 e. The third-order valence-corrected chi connectivity index (χ3v) is 3.94. The molecule has 0 aliphatic carbocycles. The van der Waals surface area contributed by atoms with Gasteiger partial charge >= 0.3 is 0 Å². The van der Waals surface area contributed by atoms with Gasteiger partial charge in [-0.3, -0.25) is 9.59 Å². The van der Waals surface area contributed by atoms with Crippen LogP contribution in [0.15, 0.2) is 12.7 Å². The topological polar surface area (TPSA) is 49.4 Å². The molecule has 0 aromatic heterocycles. The van der Waals surface area contributed by atoms with E-state index in [0.29, 0.717) is 31.8 Å². The molecule has 4 nitrogen and oxygen atoms in total. The van der Waals surface area contributed by atoms with E-state index in [-0.39, 0.29) is 17.9 Å². The molecule has 0 radical (unpaired) electrons. The summed E-state index contributed by atoms with van der Waals surface area (Å²) in [7, 11) is 0. The molecule has 5 heteroatoms. The predicted octanol–water partition coefficient (Wildman–Crippen LogP) is 1.67. The molecule has 108 valence electrons. The Hall–Kier alpha value is -0.970. The van der Waals surface area contributed by atoms with Crippen molar-refractivity contribution in [1.29, 1.82) is 0 Å². The Bertz CT molecular complexity index is 331. The molecule has 0 spiro atoms. The molecule has 0 aromatic carbocycles. The first-order valence-corrected chi connectivity index (χ1v) is 7.96. The van der Waals surface area contributed by atoms with Crippen LogP contribution in [-0.2, 0) is 9.59 Å². The fourth-order valence-electron chi connectivity index (χ4n) is 2.09. The van der Waals surface area contributed by atoms with Crippen LogP contribution in [0.3, 0.4) is 0 Å². The van der Waals surface area contributed by atoms with Crippen molar-refractivity contribution in [3.8, 4) is 0 Å². The lowest BCUT2D eigenvalue weighted by Gasteiger charge is -2.24. The molecule has 1 aliphatic heterocycles. The summed E-state index contributed by atoms with van der Waals surface area (Å²) < 4.78 is 0. The van der Waals surface area contributed by atoms with Crippen molar-refractivity contribution < 1.29 is 9.59 Å². The van der Waals surface area contributed by atoms with Gasteiger partial charge in [-0.15, -0.1) is 6.58 Å². The molecule has 1 rings (SSSR count). The first-order chi connectivity index (χ1) is 9.04. The highest BCUT2D eigenvalue weighted by Crippen LogP contribution is 2.12. The van der Waals surface area contributed by atoms with Gasteiger partial charge in [0.1, 0.15) is 6.04 Å². The van der Waals surface area contributed by atoms with E-state index < -0.39 is 0 Å². The van der Waals surface area contributed by atoms with Crippen LogP contribution < -0.4 is 5.32 Å². The Balaban J connectivity index is 2.56. The monoisotopic (exact) mass is 284 g/mol. The highest BCUT2D eigenvalue weighted by atomic mass is 32.2. The highest BCUT2D eigenvalue weighted by molar-refractivity contribution is 7.99. The number of nitrogens with one attached hydrogen (secondary N) is 1. The molecule has 0 bridgehead atoms. The summed E-state index contributed by atoms with van der Waals surface area (Å²) in [5.41, 5.74) is 0. The largest absolute Gasteiger partial charge is 0.344 e. The van der Waals surface area contributed by atoms with Crippen LogP contribution in [0.2, 0.25) is 0 Å². The quantitative estimate of drug-likeness (QED) is 0.571. The number of rotatable bonds is 7. The molecule has 19 heavy (non-hydrogen) atoms. The molecule has 1 unspecified atom stereocenters. The van der Waals surface area contributed by atoms with Crippen molar-refractivity contribution in [1.82, 2.24) is 10.2 Å². The summed E-state index contributed by atoms with van der Waals surface area (Å²) in [4.78, 5) is 25.8. The Morgan fingerprint density at radius 1 is 1.53 bits per heavy atom. The Morgan fingerprint density at radius 2 is 2.26 bits per heavy atom. The lowest BCUT2D eigenvalue weighted by Crippen LogP contribution is -2.45. The number of thioether (sulfide) groups is 1. The van der Waals surface area contributed by atoms with E-state index in [1.54, 1.807) is 11.8 Å². The SMILES string of the molecule is C=CCSCCN1CCC(=O)NC(CC(C)C)C1=O. The van der Waals surface area contributed by atoms with Gasteiger partial charge < -0.3 is 10.2 Å². The maximum atomic E-state index is 12.4. The Labute approximate surface area is 120 Å². The minimum Gasteiger partial charge on any atom is -0.344 e. The molecule has 1 fully saturated rings. The molecule has 1 atom stereocenters. The minimum absolute atomic E-state index is 0.0137. The van der Waals surface area contributed by atoms with E-state index in [2.05, 4.69) is 25.7 Å². The van der Waals surface area contributed by atoms with Crippen molar-refractivity contribution in [2.75, 3.05) is 24.6 Å². The lowest BCUT2D eigenvalue weighted by molar-refractivity contribution is -0.133. The van der Waals surface area contributed by atoms with E-state index in [1.165, 1.54) is 0 Å². The minimum atomic E-state index is -0.348. The van der Waals surface area contributed by atoms with Gasteiger partial charge in [-0.2, -0.15) is 11.8 Å². The zero-order valence-corrected chi connectivity index (χ0v) is 12.7. The van der Waals surface area contributed by atoms with Gasteiger partial charge in [-0.05, 0) is 12.3 Å². The average molecular weight is 284 g/mol. The molecule has 1 N–H and O–H groups in total. The van der Waals surface area contributed by atoms with Crippen LogP contribution in [0.1, 0.15) is 26.7 Å². The number of nitrogens with zero attached hydrogens (tertiary/aromatic N) is 1. The first kappa shape index (κ1) is 16.1. The van der Waals surface area contributed by atoms with E-state index in [0.717, 1.165) is 11.5 Å². The van der Waals surface area contributed by atoms with E-state index in [1.807, 2.05) is 11.0 Å². The summed E-state index contributed by atoms with van der Waals surface area (Å²) in [6, 6.07) is -0.348. The van der Waals surface area contributed by atoms with E-state index in [4.69, 9.17) is 0 Å². The standard InChI is InChI=1S/C14H24N2O2S/c1-4-8-19-9-7-16-6-5-13(17)15-12(14(16)18)10-11(2)3/h4,11-12H,1,5-10H2,2-3H3,(H,15,17). The maximum Gasteiger partial charge on any atom is 0.245 e. The lowest BCUT2D eigenvalue weighted by atomic mass is 10.0. The summed E-state index contributed by atoms with van der Waals surface area (Å²) in [6.45, 7) is 9.05. The van der Waals surface area contributed by atoms with Gasteiger partial charge in [-0.25, -0.2) is 0 Å². The van der Waals surface area contributed by atoms with Crippen molar-refractivity contribution in [3.63, 3.8) is 0 Å². The molecular formula is C14H24N2O2S. The zero-order valence-electron chi connectivity index (χ0n) is 11.9. The molecule has 0 saturated carbocycles. The van der Waals surface area contributed by atoms with Crippen molar-refractivity contribution in [3.05, 3.63) is 12.7 Å². The zero-order chi connectivity index (χ0) is 14.3. The third kappa shape index (κ3) is 5.68. The van der Waals surface area contributed by atoms with Gasteiger partial charge in [0.2, 0.25) is 11.8 Å². The van der Waals surface area contributed by atoms with Gasteiger partial charge in [0.15, 0.2) is 0 Å². The summed E-state index contributed by atoms with van der Waals surface area (Å²) >= 11 is 1.75. The first-order valence-electron chi connectivity index (χ1n) is 6.81. The van der Waals surface area contributed by atoms with Crippen LogP contribution >= 0.6 is 11.8 Å². The van der Waals surface area contributed by atoms with Gasteiger partial charge in [0.05, 0.1) is 0 Å². The summed E-state index contributed by atoms with van der Waals surface area (Å²) in [5.74, 6) is 2.23. The fourth-order valence-corrected chi connectivity index (χ4v) is 2.77. The van der Waals surface area contributed by atoms with Gasteiger partial charge in [-0.1, -0.05) is 19.9 Å². The molecule has 0 aromatic rings.